The van der Waals surface area contributed by atoms with Gasteiger partial charge in [0, 0.05) is 24.4 Å². The van der Waals surface area contributed by atoms with E-state index < -0.39 is 0 Å². The lowest BCUT2D eigenvalue weighted by Gasteiger charge is -2.11. The minimum absolute atomic E-state index is 0.373. The highest BCUT2D eigenvalue weighted by Gasteiger charge is 2.18. The Bertz CT molecular complexity index is 601. The van der Waals surface area contributed by atoms with Crippen molar-refractivity contribution in [1.82, 2.24) is 10.2 Å². The third-order valence-corrected chi connectivity index (χ3v) is 3.19. The summed E-state index contributed by atoms with van der Waals surface area (Å²) >= 11 is 5.66. The van der Waals surface area contributed by atoms with Crippen LogP contribution in [0.5, 0.6) is 17.2 Å². The molecule has 114 valence electrons. The van der Waals surface area contributed by atoms with Crippen LogP contribution in [-0.4, -0.2) is 37.4 Å². The van der Waals surface area contributed by atoms with E-state index in [1.807, 2.05) is 0 Å². The van der Waals surface area contributed by atoms with Gasteiger partial charge in [0.15, 0.2) is 11.5 Å². The summed E-state index contributed by atoms with van der Waals surface area (Å²) in [6, 6.07) is 3.47. The first-order valence-electron chi connectivity index (χ1n) is 6.42. The van der Waals surface area contributed by atoms with Gasteiger partial charge in [-0.05, 0) is 6.42 Å². The summed E-state index contributed by atoms with van der Waals surface area (Å²) in [5, 5.41) is 8.04. The van der Waals surface area contributed by atoms with Gasteiger partial charge in [-0.2, -0.15) is 0 Å². The van der Waals surface area contributed by atoms with Crippen LogP contribution in [0.2, 0.25) is 0 Å². The highest BCUT2D eigenvalue weighted by Crippen LogP contribution is 2.39. The van der Waals surface area contributed by atoms with Gasteiger partial charge in [0.2, 0.25) is 5.89 Å². The summed E-state index contributed by atoms with van der Waals surface area (Å²) < 4.78 is 21.5. The number of rotatable bonds is 7. The minimum atomic E-state index is 0.373. The van der Waals surface area contributed by atoms with Crippen molar-refractivity contribution in [2.45, 2.75) is 12.8 Å². The SMILES string of the molecule is COc1cc(OC)c(-c2nnc(CCCCl)o2)cc1OC. The molecule has 0 N–H and O–H groups in total. The van der Waals surface area contributed by atoms with Gasteiger partial charge in [-0.3, -0.25) is 0 Å². The summed E-state index contributed by atoms with van der Waals surface area (Å²) in [5.74, 6) is 3.17. The number of methoxy groups -OCH3 is 3. The van der Waals surface area contributed by atoms with Crippen LogP contribution in [0.4, 0.5) is 0 Å². The summed E-state index contributed by atoms with van der Waals surface area (Å²) in [4.78, 5) is 0. The van der Waals surface area contributed by atoms with Crippen LogP contribution in [0.25, 0.3) is 11.5 Å². The van der Waals surface area contributed by atoms with Gasteiger partial charge >= 0.3 is 0 Å². The fraction of sp³-hybridized carbons (Fsp3) is 0.429. The topological polar surface area (TPSA) is 66.6 Å². The number of aromatic nitrogens is 2. The lowest BCUT2D eigenvalue weighted by molar-refractivity contribution is 0.349. The molecule has 2 rings (SSSR count). The average molecular weight is 313 g/mol. The molecular formula is C14H17ClN2O4. The molecule has 1 heterocycles. The molecule has 0 amide bonds. The Morgan fingerprint density at radius 1 is 1.00 bits per heavy atom. The van der Waals surface area contributed by atoms with Gasteiger partial charge < -0.3 is 18.6 Å². The van der Waals surface area contributed by atoms with Crippen LogP contribution in [0.15, 0.2) is 16.5 Å². The Kier molecular flexibility index (Phi) is 5.27. The van der Waals surface area contributed by atoms with Crippen molar-refractivity contribution in [3.63, 3.8) is 0 Å². The normalized spacial score (nSPS) is 10.5. The largest absolute Gasteiger partial charge is 0.496 e. The number of benzene rings is 1. The van der Waals surface area contributed by atoms with Crippen molar-refractivity contribution < 1.29 is 18.6 Å². The number of hydrogen-bond acceptors (Lipinski definition) is 6. The molecule has 0 aliphatic carbocycles. The van der Waals surface area contributed by atoms with Crippen molar-refractivity contribution in [2.75, 3.05) is 27.2 Å². The Morgan fingerprint density at radius 3 is 2.29 bits per heavy atom. The quantitative estimate of drug-likeness (QED) is 0.732. The summed E-state index contributed by atoms with van der Waals surface area (Å²) in [6.45, 7) is 0. The Morgan fingerprint density at radius 2 is 1.67 bits per heavy atom. The highest BCUT2D eigenvalue weighted by molar-refractivity contribution is 6.17. The van der Waals surface area contributed by atoms with Crippen LogP contribution in [0, 0.1) is 0 Å². The molecule has 1 aromatic carbocycles. The molecule has 0 bridgehead atoms. The zero-order valence-corrected chi connectivity index (χ0v) is 12.9. The van der Waals surface area contributed by atoms with Crippen molar-refractivity contribution in [3.05, 3.63) is 18.0 Å². The predicted octanol–water partition coefficient (Wildman–Crippen LogP) is 2.93. The molecule has 21 heavy (non-hydrogen) atoms. The molecule has 2 aromatic rings. The number of nitrogens with zero attached hydrogens (tertiary/aromatic N) is 2. The lowest BCUT2D eigenvalue weighted by Crippen LogP contribution is -1.95. The van der Waals surface area contributed by atoms with Crippen LogP contribution in [-0.2, 0) is 6.42 Å². The van der Waals surface area contributed by atoms with E-state index in [1.54, 1.807) is 33.5 Å². The Labute approximate surface area is 128 Å². The van der Waals surface area contributed by atoms with Crippen molar-refractivity contribution in [1.29, 1.82) is 0 Å². The van der Waals surface area contributed by atoms with E-state index in [4.69, 9.17) is 30.2 Å². The van der Waals surface area contributed by atoms with Crippen LogP contribution < -0.4 is 14.2 Å². The van der Waals surface area contributed by atoms with Crippen molar-refractivity contribution in [2.24, 2.45) is 0 Å². The highest BCUT2D eigenvalue weighted by atomic mass is 35.5. The number of aryl methyl sites for hydroxylation is 1. The molecule has 0 aliphatic rings. The second-order valence-electron chi connectivity index (χ2n) is 4.20. The van der Waals surface area contributed by atoms with Gasteiger partial charge in [-0.15, -0.1) is 21.8 Å². The maximum atomic E-state index is 5.66. The maximum absolute atomic E-state index is 5.66. The molecule has 0 fully saturated rings. The number of halogens is 1. The van der Waals surface area contributed by atoms with E-state index in [0.29, 0.717) is 46.9 Å². The van der Waals surface area contributed by atoms with E-state index in [2.05, 4.69) is 10.2 Å². The standard InChI is InChI=1S/C14H17ClN2O4/c1-18-10-8-12(20-3)11(19-2)7-9(10)14-17-16-13(21-14)5-4-6-15/h7-8H,4-6H2,1-3H3. The maximum Gasteiger partial charge on any atom is 0.251 e. The van der Waals surface area contributed by atoms with Crippen molar-refractivity contribution >= 4 is 11.6 Å². The van der Waals surface area contributed by atoms with E-state index in [9.17, 15) is 0 Å². The smallest absolute Gasteiger partial charge is 0.251 e. The number of alkyl halides is 1. The van der Waals surface area contributed by atoms with Crippen molar-refractivity contribution in [3.8, 4) is 28.7 Å². The van der Waals surface area contributed by atoms with Gasteiger partial charge in [0.05, 0.1) is 26.9 Å². The molecule has 0 atom stereocenters. The molecule has 7 heteroatoms. The van der Waals surface area contributed by atoms with E-state index in [-0.39, 0.29) is 0 Å². The summed E-state index contributed by atoms with van der Waals surface area (Å²) in [6.07, 6.45) is 1.43. The van der Waals surface area contributed by atoms with Crippen LogP contribution in [0.3, 0.4) is 0 Å². The molecule has 1 aromatic heterocycles. The fourth-order valence-corrected chi connectivity index (χ4v) is 2.01. The monoisotopic (exact) mass is 312 g/mol. The molecule has 0 spiro atoms. The zero-order chi connectivity index (χ0) is 15.2. The molecule has 0 saturated heterocycles. The number of hydrogen-bond donors (Lipinski definition) is 0. The van der Waals surface area contributed by atoms with Crippen LogP contribution >= 0.6 is 11.6 Å². The summed E-state index contributed by atoms with van der Waals surface area (Å²) in [7, 11) is 4.69. The first-order valence-corrected chi connectivity index (χ1v) is 6.95. The van der Waals surface area contributed by atoms with E-state index >= 15 is 0 Å². The Balaban J connectivity index is 2.39. The molecule has 0 radical (unpaired) electrons. The molecule has 0 aliphatic heterocycles. The number of ether oxygens (including phenoxy) is 3. The third kappa shape index (κ3) is 3.39. The lowest BCUT2D eigenvalue weighted by atomic mass is 10.1. The first kappa shape index (κ1) is 15.4. The first-order chi connectivity index (χ1) is 10.2. The summed E-state index contributed by atoms with van der Waals surface area (Å²) in [5.41, 5.74) is 0.653. The predicted molar refractivity (Wildman–Crippen MR) is 78.4 cm³/mol. The van der Waals surface area contributed by atoms with Gasteiger partial charge in [-0.1, -0.05) is 0 Å². The molecule has 0 unspecified atom stereocenters. The second-order valence-corrected chi connectivity index (χ2v) is 4.58. The van der Waals surface area contributed by atoms with Gasteiger partial charge in [0.1, 0.15) is 5.75 Å². The average Bonchev–Trinajstić information content (AvgIpc) is 3.00. The fourth-order valence-electron chi connectivity index (χ4n) is 1.88. The third-order valence-electron chi connectivity index (χ3n) is 2.93. The van der Waals surface area contributed by atoms with Crippen LogP contribution in [0.1, 0.15) is 12.3 Å². The Hall–Kier alpha value is -1.95. The van der Waals surface area contributed by atoms with Gasteiger partial charge in [-0.25, -0.2) is 0 Å². The molecule has 6 nitrogen and oxygen atoms in total. The van der Waals surface area contributed by atoms with E-state index in [1.165, 1.54) is 0 Å². The van der Waals surface area contributed by atoms with Gasteiger partial charge in [0.25, 0.3) is 5.89 Å². The molecule has 0 saturated carbocycles. The molecular weight excluding hydrogens is 296 g/mol. The second kappa shape index (κ2) is 7.17. The zero-order valence-electron chi connectivity index (χ0n) is 12.2. The minimum Gasteiger partial charge on any atom is -0.496 e. The van der Waals surface area contributed by atoms with E-state index in [0.717, 1.165) is 6.42 Å².